The fraction of sp³-hybridized carbons (Fsp3) is 0.143. The molecule has 2 heteroatoms. The maximum absolute atomic E-state index is 5.44. The van der Waals surface area contributed by atoms with Crippen molar-refractivity contribution >= 4 is 4.16 Å². The number of benzene rings is 1. The van der Waals surface area contributed by atoms with E-state index in [-0.39, 0.29) is 0 Å². The minimum absolute atomic E-state index is 0.512. The molecule has 0 unspecified atom stereocenters. The van der Waals surface area contributed by atoms with Gasteiger partial charge in [0.05, 0.1) is 0 Å². The van der Waals surface area contributed by atoms with Crippen molar-refractivity contribution in [1.29, 1.82) is 0 Å². The Balaban J connectivity index is 2.61. The second-order valence-electron chi connectivity index (χ2n) is 2.02. The zero-order chi connectivity index (χ0) is 6.53. The summed E-state index contributed by atoms with van der Waals surface area (Å²) in [5, 5.41) is 0.928. The van der Waals surface area contributed by atoms with Crippen LogP contribution in [-0.4, -0.2) is 5.14 Å². The fourth-order valence-electron chi connectivity index (χ4n) is 0.811. The van der Waals surface area contributed by atoms with Crippen molar-refractivity contribution in [1.82, 2.24) is 0 Å². The topological polar surface area (TPSA) is 26.0 Å². The Labute approximate surface area is 62.9 Å². The molecule has 0 saturated heterocycles. The summed E-state index contributed by atoms with van der Waals surface area (Å²) >= 11 is -0.512. The molecule has 0 aliphatic heterocycles. The molecule has 0 aliphatic rings. The molecule has 1 nitrogen and oxygen atoms in total. The first kappa shape index (κ1) is 6.92. The Kier molecular flexibility index (Phi) is 2.89. The molecule has 0 aromatic heterocycles. The van der Waals surface area contributed by atoms with Gasteiger partial charge in [-0.3, -0.25) is 0 Å². The zero-order valence-electron chi connectivity index (χ0n) is 5.38. The molecule has 1 rings (SSSR count). The number of hydrogen-bond donors (Lipinski definition) is 1. The van der Waals surface area contributed by atoms with E-state index in [0.717, 1.165) is 5.14 Å². The molecular weight excluding hydrogens is 163 g/mol. The first-order valence-electron chi connectivity index (χ1n) is 3.17. The number of rotatable bonds is 2. The van der Waals surface area contributed by atoms with Crippen molar-refractivity contribution in [2.45, 2.75) is 0 Å². The van der Waals surface area contributed by atoms with Crippen LogP contribution in [0.4, 0.5) is 0 Å². The van der Waals surface area contributed by atoms with E-state index in [4.69, 9.17) is 5.73 Å². The molecule has 0 saturated carbocycles. The van der Waals surface area contributed by atoms with Gasteiger partial charge in [0, 0.05) is 0 Å². The predicted molar refractivity (Wildman–Crippen MR) is 35.1 cm³/mol. The first-order valence-corrected chi connectivity index (χ1v) is 6.75. The van der Waals surface area contributed by atoms with Gasteiger partial charge < -0.3 is 0 Å². The summed E-state index contributed by atoms with van der Waals surface area (Å²) in [6, 6.07) is 10.6. The molecule has 0 amide bonds. The summed E-state index contributed by atoms with van der Waals surface area (Å²) in [6.45, 7) is 0. The van der Waals surface area contributed by atoms with Crippen molar-refractivity contribution < 1.29 is 17.1 Å². The van der Waals surface area contributed by atoms with E-state index >= 15 is 0 Å². The van der Waals surface area contributed by atoms with E-state index in [0.29, 0.717) is 0 Å². The van der Waals surface area contributed by atoms with Gasteiger partial charge in [0.25, 0.3) is 0 Å². The minimum atomic E-state index is -0.512. The third-order valence-corrected chi connectivity index (χ3v) is 4.08. The Bertz CT molecular complexity index is 162. The van der Waals surface area contributed by atoms with Crippen LogP contribution in [0.25, 0.3) is 0 Å². The molecule has 0 atom stereocenters. The Hall–Kier alpha value is -0.197. The molecule has 0 aliphatic carbocycles. The first-order chi connectivity index (χ1) is 4.43. The van der Waals surface area contributed by atoms with E-state index in [2.05, 4.69) is 24.3 Å². The van der Waals surface area contributed by atoms with Crippen molar-refractivity contribution in [2.75, 3.05) is 5.14 Å². The zero-order valence-corrected chi connectivity index (χ0v) is 8.35. The quantitative estimate of drug-likeness (QED) is 0.639. The molecule has 1 aromatic rings. The van der Waals surface area contributed by atoms with Crippen LogP contribution in [0.1, 0.15) is 0 Å². The standard InChI is InChI=1S/C6H5.CH4N.Zn/c1-2-4-6-5-3-1;1-2;/h1-5H;1-2H2;. The van der Waals surface area contributed by atoms with Crippen LogP contribution in [0.3, 0.4) is 0 Å². The van der Waals surface area contributed by atoms with Gasteiger partial charge in [-0.2, -0.15) is 0 Å². The van der Waals surface area contributed by atoms with Crippen molar-refractivity contribution in [3.63, 3.8) is 0 Å². The van der Waals surface area contributed by atoms with Crippen LogP contribution in [0.15, 0.2) is 30.3 Å². The average molecular weight is 173 g/mol. The van der Waals surface area contributed by atoms with Crippen LogP contribution < -0.4 is 9.89 Å². The molecule has 0 radical (unpaired) electrons. The molecule has 9 heavy (non-hydrogen) atoms. The summed E-state index contributed by atoms with van der Waals surface area (Å²) < 4.78 is 1.51. The summed E-state index contributed by atoms with van der Waals surface area (Å²) in [7, 11) is 0. The number of nitrogens with two attached hydrogens (primary N) is 1. The second kappa shape index (κ2) is 3.76. The van der Waals surface area contributed by atoms with Crippen LogP contribution >= 0.6 is 0 Å². The molecule has 0 heterocycles. The Morgan fingerprint density at radius 3 is 2.44 bits per heavy atom. The van der Waals surface area contributed by atoms with Crippen molar-refractivity contribution in [3.05, 3.63) is 30.3 Å². The van der Waals surface area contributed by atoms with Gasteiger partial charge >= 0.3 is 62.5 Å². The molecule has 44 valence electrons. The van der Waals surface area contributed by atoms with E-state index in [1.807, 2.05) is 6.07 Å². The normalized spacial score (nSPS) is 8.56. The van der Waals surface area contributed by atoms with E-state index in [9.17, 15) is 0 Å². The number of hydrogen-bond acceptors (Lipinski definition) is 1. The fourth-order valence-corrected chi connectivity index (χ4v) is 2.78. The van der Waals surface area contributed by atoms with Gasteiger partial charge in [-0.25, -0.2) is 0 Å². The third-order valence-electron chi connectivity index (χ3n) is 1.28. The summed E-state index contributed by atoms with van der Waals surface area (Å²) in [5.41, 5.74) is 5.44. The van der Waals surface area contributed by atoms with Gasteiger partial charge in [0.1, 0.15) is 0 Å². The van der Waals surface area contributed by atoms with Gasteiger partial charge in [0.15, 0.2) is 0 Å². The SMILES string of the molecule is N[CH2][Zn][c]1ccccc1. The summed E-state index contributed by atoms with van der Waals surface area (Å²) in [5.74, 6) is 0. The van der Waals surface area contributed by atoms with Gasteiger partial charge in [-0.05, 0) is 0 Å². The van der Waals surface area contributed by atoms with Crippen LogP contribution in [-0.2, 0) is 17.1 Å². The van der Waals surface area contributed by atoms with Crippen LogP contribution in [0.5, 0.6) is 0 Å². The van der Waals surface area contributed by atoms with Gasteiger partial charge in [-0.1, -0.05) is 0 Å². The van der Waals surface area contributed by atoms with Gasteiger partial charge in [0.2, 0.25) is 0 Å². The van der Waals surface area contributed by atoms with Crippen molar-refractivity contribution in [2.24, 2.45) is 5.73 Å². The third kappa shape index (κ3) is 2.25. The Morgan fingerprint density at radius 2 is 1.89 bits per heavy atom. The summed E-state index contributed by atoms with van der Waals surface area (Å²) in [4.78, 5) is 0. The second-order valence-corrected chi connectivity index (χ2v) is 6.00. The van der Waals surface area contributed by atoms with Crippen molar-refractivity contribution in [3.8, 4) is 0 Å². The molecule has 1 aromatic carbocycles. The molecule has 0 fully saturated rings. The van der Waals surface area contributed by atoms with Crippen LogP contribution in [0.2, 0.25) is 0 Å². The predicted octanol–water partition coefficient (Wildman–Crippen LogP) is 0.311. The maximum atomic E-state index is 5.44. The van der Waals surface area contributed by atoms with E-state index in [1.54, 1.807) is 0 Å². The van der Waals surface area contributed by atoms with E-state index < -0.39 is 17.1 Å². The molecular formula is C7H9NZn. The molecule has 2 N–H and O–H groups in total. The monoisotopic (exact) mass is 171 g/mol. The Morgan fingerprint density at radius 1 is 1.22 bits per heavy atom. The summed E-state index contributed by atoms with van der Waals surface area (Å²) in [6.07, 6.45) is 0. The van der Waals surface area contributed by atoms with E-state index in [1.165, 1.54) is 4.16 Å². The van der Waals surface area contributed by atoms with Gasteiger partial charge in [-0.15, -0.1) is 0 Å². The van der Waals surface area contributed by atoms with Crippen LogP contribution in [0, 0.1) is 0 Å². The average Bonchev–Trinajstić information content (AvgIpc) is 1.91. The molecule has 0 bridgehead atoms. The molecule has 0 spiro atoms.